The van der Waals surface area contributed by atoms with Crippen molar-refractivity contribution in [3.63, 3.8) is 0 Å². The second kappa shape index (κ2) is 7.57. The van der Waals surface area contributed by atoms with E-state index in [1.165, 1.54) is 39.7 Å². The highest BCUT2D eigenvalue weighted by molar-refractivity contribution is 7.99. The Kier molecular flexibility index (Phi) is 5.23. The molecule has 0 saturated heterocycles. The molecule has 1 heterocycles. The summed E-state index contributed by atoms with van der Waals surface area (Å²) >= 11 is 1.44. The van der Waals surface area contributed by atoms with Gasteiger partial charge in [0.2, 0.25) is 5.16 Å². The first-order chi connectivity index (χ1) is 12.0. The van der Waals surface area contributed by atoms with Gasteiger partial charge in [-0.15, -0.1) is 10.2 Å². The Morgan fingerprint density at radius 2 is 1.88 bits per heavy atom. The van der Waals surface area contributed by atoms with Crippen LogP contribution in [0.3, 0.4) is 0 Å². The molecular weight excluding hydrogens is 339 g/mol. The van der Waals surface area contributed by atoms with Crippen LogP contribution in [0.25, 0.3) is 11.4 Å². The fourth-order valence-corrected chi connectivity index (χ4v) is 3.18. The highest BCUT2D eigenvalue weighted by Gasteiger charge is 2.12. The maximum Gasteiger partial charge on any atom is 0.210 e. The number of nitrogens with two attached hydrogens (primary N) is 1. The van der Waals surface area contributed by atoms with E-state index in [1.54, 1.807) is 12.1 Å². The zero-order chi connectivity index (χ0) is 17.8. The maximum atomic E-state index is 13.3. The van der Waals surface area contributed by atoms with Crippen LogP contribution in [0.2, 0.25) is 0 Å². The minimum absolute atomic E-state index is 0.337. The largest absolute Gasteiger partial charge is 0.493 e. The van der Waals surface area contributed by atoms with Gasteiger partial charge in [-0.3, -0.25) is 0 Å². The highest BCUT2D eigenvalue weighted by atomic mass is 32.2. The number of nitrogen functional groups attached to an aromatic ring is 1. The van der Waals surface area contributed by atoms with Crippen LogP contribution in [0.1, 0.15) is 11.1 Å². The smallest absolute Gasteiger partial charge is 0.210 e. The van der Waals surface area contributed by atoms with Gasteiger partial charge in [-0.2, -0.15) is 0 Å². The Bertz CT molecular complexity index is 861. The number of rotatable bonds is 6. The number of thioether (sulfide) groups is 1. The summed E-state index contributed by atoms with van der Waals surface area (Å²) in [4.78, 5) is 0. The summed E-state index contributed by atoms with van der Waals surface area (Å²) in [6.45, 7) is 4.61. The first-order valence-electron chi connectivity index (χ1n) is 7.83. The number of aryl methyl sites for hydroxylation is 2. The van der Waals surface area contributed by atoms with E-state index in [4.69, 9.17) is 10.6 Å². The van der Waals surface area contributed by atoms with Crippen molar-refractivity contribution < 1.29 is 9.13 Å². The van der Waals surface area contributed by atoms with Gasteiger partial charge in [0.05, 0.1) is 6.61 Å². The Morgan fingerprint density at radius 3 is 2.60 bits per heavy atom. The molecule has 0 fully saturated rings. The third kappa shape index (κ3) is 4.30. The molecule has 1 aromatic heterocycles. The van der Waals surface area contributed by atoms with Crippen LogP contribution in [0.15, 0.2) is 47.6 Å². The van der Waals surface area contributed by atoms with E-state index in [2.05, 4.69) is 16.3 Å². The summed E-state index contributed by atoms with van der Waals surface area (Å²) in [5.74, 6) is 7.64. The minimum Gasteiger partial charge on any atom is -0.493 e. The standard InChI is InChI=1S/C18H19FN4OS/c1-12-8-13(2)10-16(9-12)24-6-7-25-18-22-21-17(23(18)20)14-4-3-5-15(19)11-14/h3-5,8-11H,6-7,20H2,1-2H3. The number of hydrogen-bond acceptors (Lipinski definition) is 5. The minimum atomic E-state index is -0.337. The summed E-state index contributed by atoms with van der Waals surface area (Å²) in [7, 11) is 0. The van der Waals surface area contributed by atoms with Gasteiger partial charge in [0, 0.05) is 11.3 Å². The Morgan fingerprint density at radius 1 is 1.12 bits per heavy atom. The number of ether oxygens (including phenoxy) is 1. The van der Waals surface area contributed by atoms with E-state index < -0.39 is 0 Å². The van der Waals surface area contributed by atoms with Gasteiger partial charge in [-0.25, -0.2) is 9.07 Å². The number of halogens is 1. The predicted molar refractivity (Wildman–Crippen MR) is 97.7 cm³/mol. The van der Waals surface area contributed by atoms with Gasteiger partial charge < -0.3 is 10.6 Å². The summed E-state index contributed by atoms with van der Waals surface area (Å²) in [6, 6.07) is 12.2. The fourth-order valence-electron chi connectivity index (χ4n) is 2.51. The van der Waals surface area contributed by atoms with Crippen LogP contribution < -0.4 is 10.6 Å². The van der Waals surface area contributed by atoms with Crippen molar-refractivity contribution in [1.29, 1.82) is 0 Å². The molecule has 0 aliphatic heterocycles. The number of nitrogens with zero attached hydrogens (tertiary/aromatic N) is 3. The van der Waals surface area contributed by atoms with Gasteiger partial charge in [0.25, 0.3) is 0 Å². The lowest BCUT2D eigenvalue weighted by atomic mass is 10.1. The lowest BCUT2D eigenvalue weighted by Gasteiger charge is -2.08. The van der Waals surface area contributed by atoms with Crippen molar-refractivity contribution in [3.8, 4) is 17.1 Å². The number of hydrogen-bond donors (Lipinski definition) is 1. The molecule has 3 rings (SSSR count). The van der Waals surface area contributed by atoms with E-state index in [0.717, 1.165) is 5.75 Å². The molecule has 3 aromatic rings. The molecule has 0 amide bonds. The molecule has 0 radical (unpaired) electrons. The summed E-state index contributed by atoms with van der Waals surface area (Å²) in [6.07, 6.45) is 0. The van der Waals surface area contributed by atoms with E-state index in [0.29, 0.717) is 28.9 Å². The van der Waals surface area contributed by atoms with Crippen LogP contribution in [-0.4, -0.2) is 27.2 Å². The van der Waals surface area contributed by atoms with Crippen molar-refractivity contribution in [2.45, 2.75) is 19.0 Å². The van der Waals surface area contributed by atoms with Crippen molar-refractivity contribution >= 4 is 11.8 Å². The molecule has 0 atom stereocenters. The molecule has 7 heteroatoms. The third-order valence-electron chi connectivity index (χ3n) is 3.53. The van der Waals surface area contributed by atoms with Crippen molar-refractivity contribution in [1.82, 2.24) is 14.9 Å². The van der Waals surface area contributed by atoms with Crippen LogP contribution in [-0.2, 0) is 0 Å². The van der Waals surface area contributed by atoms with E-state index >= 15 is 0 Å². The molecule has 25 heavy (non-hydrogen) atoms. The highest BCUT2D eigenvalue weighted by Crippen LogP contribution is 2.22. The first-order valence-corrected chi connectivity index (χ1v) is 8.82. The molecule has 0 bridgehead atoms. The van der Waals surface area contributed by atoms with Gasteiger partial charge in [0.1, 0.15) is 11.6 Å². The topological polar surface area (TPSA) is 66.0 Å². The number of benzene rings is 2. The SMILES string of the molecule is Cc1cc(C)cc(OCCSc2nnc(-c3cccc(F)c3)n2N)c1. The van der Waals surface area contributed by atoms with Gasteiger partial charge in [0.15, 0.2) is 5.82 Å². The quantitative estimate of drug-likeness (QED) is 0.414. The molecule has 0 saturated carbocycles. The Balaban J connectivity index is 1.59. The first kappa shape index (κ1) is 17.3. The second-order valence-corrected chi connectivity index (χ2v) is 6.77. The molecule has 2 aromatic carbocycles. The number of aromatic nitrogens is 3. The average molecular weight is 358 g/mol. The van der Waals surface area contributed by atoms with Crippen LogP contribution in [0, 0.1) is 19.7 Å². The molecule has 5 nitrogen and oxygen atoms in total. The lowest BCUT2D eigenvalue weighted by molar-refractivity contribution is 0.343. The normalized spacial score (nSPS) is 10.8. The van der Waals surface area contributed by atoms with Crippen LogP contribution in [0.4, 0.5) is 4.39 Å². The maximum absolute atomic E-state index is 13.3. The molecular formula is C18H19FN4OS. The summed E-state index contributed by atoms with van der Waals surface area (Å²) < 4.78 is 20.5. The van der Waals surface area contributed by atoms with Crippen molar-refractivity contribution in [3.05, 3.63) is 59.4 Å². The average Bonchev–Trinajstić information content (AvgIpc) is 2.92. The van der Waals surface area contributed by atoms with Crippen molar-refractivity contribution in [2.75, 3.05) is 18.2 Å². The van der Waals surface area contributed by atoms with Gasteiger partial charge in [-0.1, -0.05) is 30.0 Å². The summed E-state index contributed by atoms with van der Waals surface area (Å²) in [5.41, 5.74) is 2.93. The molecule has 0 spiro atoms. The second-order valence-electron chi connectivity index (χ2n) is 5.71. The monoisotopic (exact) mass is 358 g/mol. The van der Waals surface area contributed by atoms with Crippen LogP contribution in [0.5, 0.6) is 5.75 Å². The molecule has 0 unspecified atom stereocenters. The molecule has 130 valence electrons. The fraction of sp³-hybridized carbons (Fsp3) is 0.222. The van der Waals surface area contributed by atoms with Gasteiger partial charge >= 0.3 is 0 Å². The zero-order valence-electron chi connectivity index (χ0n) is 14.1. The Labute approximate surface area is 150 Å². The zero-order valence-corrected chi connectivity index (χ0v) is 14.9. The Hall–Kier alpha value is -2.54. The van der Waals surface area contributed by atoms with E-state index in [9.17, 15) is 4.39 Å². The molecule has 0 aliphatic carbocycles. The van der Waals surface area contributed by atoms with Crippen LogP contribution >= 0.6 is 11.8 Å². The predicted octanol–water partition coefficient (Wildman–Crippen LogP) is 3.59. The van der Waals surface area contributed by atoms with E-state index in [-0.39, 0.29) is 5.82 Å². The van der Waals surface area contributed by atoms with E-state index in [1.807, 2.05) is 26.0 Å². The third-order valence-corrected chi connectivity index (χ3v) is 4.43. The lowest BCUT2D eigenvalue weighted by Crippen LogP contribution is -2.12. The summed E-state index contributed by atoms with van der Waals surface area (Å²) in [5, 5.41) is 8.67. The van der Waals surface area contributed by atoms with Crippen molar-refractivity contribution in [2.24, 2.45) is 0 Å². The molecule has 0 aliphatic rings. The van der Waals surface area contributed by atoms with Gasteiger partial charge in [-0.05, 0) is 49.2 Å². The molecule has 2 N–H and O–H groups in total.